The number of hydrogen-bond donors (Lipinski definition) is 1. The molecule has 0 fully saturated rings. The molecule has 0 heterocycles. The zero-order chi connectivity index (χ0) is 35.8. The molecule has 0 unspecified atom stereocenters. The Kier molecular flexibility index (Phi) is 11.8. The second-order valence-electron chi connectivity index (χ2n) is 14.3. The SMILES string of the molecule is CCc1ccccc1-c1ccc(N(c2ccc(-c3ccc(C)cc3C)cc2)c2ccc(-c3ccc(C(C)(C)C)cc3CC)cc2)cc1.CNC. The topological polar surface area (TPSA) is 15.3 Å². The smallest absolute Gasteiger partial charge is 0.0462 e. The summed E-state index contributed by atoms with van der Waals surface area (Å²) < 4.78 is 0. The van der Waals surface area contributed by atoms with Crippen molar-refractivity contribution >= 4 is 17.1 Å². The van der Waals surface area contributed by atoms with E-state index < -0.39 is 0 Å². The van der Waals surface area contributed by atoms with Crippen LogP contribution < -0.4 is 10.2 Å². The molecule has 0 spiro atoms. The number of nitrogens with one attached hydrogen (secondary N) is 1. The summed E-state index contributed by atoms with van der Waals surface area (Å²) in [5.74, 6) is 0. The molecule has 1 N–H and O–H groups in total. The maximum absolute atomic E-state index is 2.75. The average molecular weight is 659 g/mol. The lowest BCUT2D eigenvalue weighted by Gasteiger charge is -2.26. The summed E-state index contributed by atoms with van der Waals surface area (Å²) in [5.41, 5.74) is 17.9. The zero-order valence-electron chi connectivity index (χ0n) is 31.6. The predicted octanol–water partition coefficient (Wildman–Crippen LogP) is 13.0. The van der Waals surface area contributed by atoms with Crippen molar-refractivity contribution in [3.8, 4) is 33.4 Å². The van der Waals surface area contributed by atoms with Gasteiger partial charge in [-0.25, -0.2) is 0 Å². The van der Waals surface area contributed by atoms with E-state index in [1.54, 1.807) is 0 Å². The van der Waals surface area contributed by atoms with Crippen molar-refractivity contribution in [1.82, 2.24) is 5.32 Å². The molecule has 0 bridgehead atoms. The van der Waals surface area contributed by atoms with Crippen molar-refractivity contribution in [3.63, 3.8) is 0 Å². The highest BCUT2D eigenvalue weighted by Gasteiger charge is 2.17. The molecule has 6 aromatic carbocycles. The fraction of sp³-hybridized carbons (Fsp3) is 0.250. The van der Waals surface area contributed by atoms with Crippen LogP contribution in [0.3, 0.4) is 0 Å². The number of nitrogens with zero attached hydrogens (tertiary/aromatic N) is 1. The third kappa shape index (κ3) is 8.26. The molecule has 50 heavy (non-hydrogen) atoms. The van der Waals surface area contributed by atoms with E-state index in [0.717, 1.165) is 29.9 Å². The van der Waals surface area contributed by atoms with Crippen molar-refractivity contribution in [1.29, 1.82) is 0 Å². The molecule has 2 nitrogen and oxygen atoms in total. The van der Waals surface area contributed by atoms with Gasteiger partial charge in [0.15, 0.2) is 0 Å². The van der Waals surface area contributed by atoms with E-state index in [0.29, 0.717) is 0 Å². The lowest BCUT2D eigenvalue weighted by Crippen LogP contribution is -2.11. The largest absolute Gasteiger partial charge is 0.323 e. The predicted molar refractivity (Wildman–Crippen MR) is 219 cm³/mol. The average Bonchev–Trinajstić information content (AvgIpc) is 3.12. The molecule has 0 saturated carbocycles. The van der Waals surface area contributed by atoms with Crippen molar-refractivity contribution in [3.05, 3.63) is 161 Å². The molecule has 6 rings (SSSR count). The Bertz CT molecular complexity index is 1990. The molecule has 0 aliphatic carbocycles. The minimum absolute atomic E-state index is 0.134. The van der Waals surface area contributed by atoms with Gasteiger partial charge in [0.1, 0.15) is 0 Å². The van der Waals surface area contributed by atoms with Gasteiger partial charge < -0.3 is 10.2 Å². The van der Waals surface area contributed by atoms with Crippen LogP contribution in [0.25, 0.3) is 33.4 Å². The number of aryl methyl sites for hydroxylation is 4. The monoisotopic (exact) mass is 658 g/mol. The van der Waals surface area contributed by atoms with Gasteiger partial charge in [0, 0.05) is 17.1 Å². The summed E-state index contributed by atoms with van der Waals surface area (Å²) >= 11 is 0. The third-order valence-electron chi connectivity index (χ3n) is 9.44. The Balaban J connectivity index is 0.00000156. The molecular weight excluding hydrogens is 605 g/mol. The molecule has 256 valence electrons. The Hall–Kier alpha value is -4.92. The highest BCUT2D eigenvalue weighted by Crippen LogP contribution is 2.39. The number of hydrogen-bond acceptors (Lipinski definition) is 2. The summed E-state index contributed by atoms with van der Waals surface area (Å²) in [5, 5.41) is 2.75. The van der Waals surface area contributed by atoms with Crippen LogP contribution in [0.1, 0.15) is 62.4 Å². The summed E-state index contributed by atoms with van der Waals surface area (Å²) in [7, 11) is 3.75. The summed E-state index contributed by atoms with van der Waals surface area (Å²) in [6, 6.07) is 49.6. The van der Waals surface area contributed by atoms with E-state index in [9.17, 15) is 0 Å². The second kappa shape index (κ2) is 16.2. The molecule has 6 aromatic rings. The quantitative estimate of drug-likeness (QED) is 0.175. The van der Waals surface area contributed by atoms with Gasteiger partial charge in [-0.3, -0.25) is 0 Å². The third-order valence-corrected chi connectivity index (χ3v) is 9.44. The number of benzene rings is 6. The Morgan fingerprint density at radius 1 is 0.500 bits per heavy atom. The highest BCUT2D eigenvalue weighted by atomic mass is 15.1. The molecule has 0 saturated heterocycles. The van der Waals surface area contributed by atoms with Crippen LogP contribution in [0.2, 0.25) is 0 Å². The molecule has 0 aliphatic heterocycles. The molecule has 0 atom stereocenters. The van der Waals surface area contributed by atoms with Gasteiger partial charge in [-0.05, 0) is 138 Å². The van der Waals surface area contributed by atoms with E-state index in [1.165, 1.54) is 61.2 Å². The van der Waals surface area contributed by atoms with Gasteiger partial charge in [-0.15, -0.1) is 0 Å². The van der Waals surface area contributed by atoms with E-state index in [4.69, 9.17) is 0 Å². The van der Waals surface area contributed by atoms with Crippen LogP contribution in [0.5, 0.6) is 0 Å². The number of rotatable bonds is 8. The van der Waals surface area contributed by atoms with E-state index >= 15 is 0 Å². The first-order valence-electron chi connectivity index (χ1n) is 18.1. The van der Waals surface area contributed by atoms with Crippen molar-refractivity contribution < 1.29 is 0 Å². The lowest BCUT2D eigenvalue weighted by atomic mass is 9.84. The lowest BCUT2D eigenvalue weighted by molar-refractivity contribution is 0.589. The van der Waals surface area contributed by atoms with Gasteiger partial charge in [0.2, 0.25) is 0 Å². The minimum Gasteiger partial charge on any atom is -0.323 e. The van der Waals surface area contributed by atoms with Gasteiger partial charge in [-0.1, -0.05) is 137 Å². The Morgan fingerprint density at radius 3 is 1.40 bits per heavy atom. The first-order valence-corrected chi connectivity index (χ1v) is 18.1. The zero-order valence-corrected chi connectivity index (χ0v) is 31.6. The molecular formula is C48H54N2. The first kappa shape index (κ1) is 36.4. The van der Waals surface area contributed by atoms with E-state index in [-0.39, 0.29) is 5.41 Å². The fourth-order valence-electron chi connectivity index (χ4n) is 6.70. The Labute approximate surface area is 301 Å². The van der Waals surface area contributed by atoms with Crippen molar-refractivity contribution in [2.45, 2.75) is 66.7 Å². The van der Waals surface area contributed by atoms with E-state index in [2.05, 4.69) is 192 Å². The highest BCUT2D eigenvalue weighted by molar-refractivity contribution is 5.82. The number of anilines is 3. The molecule has 0 aromatic heterocycles. The Morgan fingerprint density at radius 2 is 0.940 bits per heavy atom. The minimum atomic E-state index is 0.134. The first-order chi connectivity index (χ1) is 24.1. The van der Waals surface area contributed by atoms with Crippen LogP contribution >= 0.6 is 0 Å². The van der Waals surface area contributed by atoms with Crippen LogP contribution in [0.4, 0.5) is 17.1 Å². The summed E-state index contributed by atoms with van der Waals surface area (Å²) in [6.45, 7) is 15.7. The summed E-state index contributed by atoms with van der Waals surface area (Å²) in [4.78, 5) is 2.37. The molecule has 2 heteroatoms. The van der Waals surface area contributed by atoms with Crippen LogP contribution in [0.15, 0.2) is 133 Å². The molecule has 0 radical (unpaired) electrons. The van der Waals surface area contributed by atoms with Gasteiger partial charge in [0.25, 0.3) is 0 Å². The molecule has 0 aliphatic rings. The maximum atomic E-state index is 2.75. The summed E-state index contributed by atoms with van der Waals surface area (Å²) in [6.07, 6.45) is 2.02. The van der Waals surface area contributed by atoms with Crippen molar-refractivity contribution in [2.75, 3.05) is 19.0 Å². The van der Waals surface area contributed by atoms with E-state index in [1.807, 2.05) is 14.1 Å². The molecule has 0 amide bonds. The second-order valence-corrected chi connectivity index (χ2v) is 14.3. The van der Waals surface area contributed by atoms with Crippen LogP contribution in [-0.2, 0) is 18.3 Å². The van der Waals surface area contributed by atoms with Gasteiger partial charge in [0.05, 0.1) is 0 Å². The van der Waals surface area contributed by atoms with Crippen molar-refractivity contribution in [2.24, 2.45) is 0 Å². The normalized spacial score (nSPS) is 11.1. The van der Waals surface area contributed by atoms with Gasteiger partial charge >= 0.3 is 0 Å². The maximum Gasteiger partial charge on any atom is 0.0462 e. The van der Waals surface area contributed by atoms with Gasteiger partial charge in [-0.2, -0.15) is 0 Å². The fourth-order valence-corrected chi connectivity index (χ4v) is 6.70. The van der Waals surface area contributed by atoms with Crippen LogP contribution in [-0.4, -0.2) is 14.1 Å². The standard InChI is InChI=1S/C46H47N.C2H7N/c1-8-34-12-10-11-13-44(34)37-17-24-41(25-18-37)47(40-22-15-36(16-23-40)43-28-14-32(3)30-33(43)4)42-26-19-38(20-27-42)45-29-21-39(46(5,6)7)31-35(45)9-2;1-3-2/h10-31H,8-9H2,1-7H3;3H,1-2H3. The van der Waals surface area contributed by atoms with Crippen LogP contribution in [0, 0.1) is 13.8 Å².